The normalized spacial score (nSPS) is 25.7. The molecule has 2 fully saturated rings. The third-order valence-corrected chi connectivity index (χ3v) is 5.05. The van der Waals surface area contributed by atoms with E-state index in [1.165, 1.54) is 5.56 Å². The van der Waals surface area contributed by atoms with Gasteiger partial charge in [0.25, 0.3) is 5.92 Å². The van der Waals surface area contributed by atoms with E-state index in [9.17, 15) is 13.6 Å². The molecule has 0 spiro atoms. The maximum atomic E-state index is 13.3. The van der Waals surface area contributed by atoms with Crippen molar-refractivity contribution in [2.45, 2.75) is 44.3 Å². The van der Waals surface area contributed by atoms with Crippen LogP contribution < -0.4 is 5.32 Å². The van der Waals surface area contributed by atoms with Crippen molar-refractivity contribution < 1.29 is 13.6 Å². The molecule has 1 aromatic rings. The number of nitrogens with zero attached hydrogens (tertiary/aromatic N) is 2. The van der Waals surface area contributed by atoms with Gasteiger partial charge in [-0.3, -0.25) is 15.0 Å². The van der Waals surface area contributed by atoms with Crippen LogP contribution in [0.1, 0.15) is 25.3 Å². The lowest BCUT2D eigenvalue weighted by molar-refractivity contribution is -0.133. The number of halogens is 4. The van der Waals surface area contributed by atoms with Gasteiger partial charge in [-0.15, -0.1) is 24.8 Å². The molecule has 1 aromatic carbocycles. The zero-order valence-electron chi connectivity index (χ0n) is 14.9. The Hall–Kier alpha value is -0.950. The Morgan fingerprint density at radius 3 is 2.50 bits per heavy atom. The SMILES string of the molecule is CC1CCN(C(=O)C2CC(F)(F)CN2)CCN1Cc1ccccc1.Cl.Cl. The van der Waals surface area contributed by atoms with Crippen LogP contribution in [0.4, 0.5) is 8.78 Å². The Morgan fingerprint density at radius 2 is 1.88 bits per heavy atom. The molecule has 2 heterocycles. The van der Waals surface area contributed by atoms with Crippen molar-refractivity contribution in [3.05, 3.63) is 35.9 Å². The van der Waals surface area contributed by atoms with Gasteiger partial charge in [0, 0.05) is 38.6 Å². The van der Waals surface area contributed by atoms with Gasteiger partial charge in [0.2, 0.25) is 5.91 Å². The van der Waals surface area contributed by atoms with Crippen LogP contribution in [-0.4, -0.2) is 59.9 Å². The fourth-order valence-electron chi connectivity index (χ4n) is 3.49. The number of nitrogens with one attached hydrogen (secondary N) is 1. The second-order valence-electron chi connectivity index (χ2n) is 6.91. The van der Waals surface area contributed by atoms with E-state index in [1.807, 2.05) is 18.2 Å². The second kappa shape index (κ2) is 9.83. The van der Waals surface area contributed by atoms with E-state index < -0.39 is 18.5 Å². The number of hydrogen-bond donors (Lipinski definition) is 1. The monoisotopic (exact) mass is 409 g/mol. The van der Waals surface area contributed by atoms with Gasteiger partial charge < -0.3 is 4.90 Å². The predicted octanol–water partition coefficient (Wildman–Crippen LogP) is 2.95. The van der Waals surface area contributed by atoms with E-state index in [2.05, 4.69) is 29.3 Å². The third kappa shape index (κ3) is 5.78. The number of benzene rings is 1. The van der Waals surface area contributed by atoms with Gasteiger partial charge in [0.15, 0.2) is 0 Å². The average molecular weight is 410 g/mol. The fourth-order valence-corrected chi connectivity index (χ4v) is 3.49. The number of alkyl halides is 2. The summed E-state index contributed by atoms with van der Waals surface area (Å²) < 4.78 is 26.7. The molecule has 26 heavy (non-hydrogen) atoms. The summed E-state index contributed by atoms with van der Waals surface area (Å²) in [6, 6.07) is 9.88. The van der Waals surface area contributed by atoms with Crippen LogP contribution in [0, 0.1) is 0 Å². The number of carbonyl (C=O) groups excluding carboxylic acids is 1. The van der Waals surface area contributed by atoms with Crippen molar-refractivity contribution >= 4 is 30.7 Å². The van der Waals surface area contributed by atoms with Gasteiger partial charge in [-0.25, -0.2) is 8.78 Å². The Morgan fingerprint density at radius 1 is 1.19 bits per heavy atom. The molecule has 0 radical (unpaired) electrons. The summed E-state index contributed by atoms with van der Waals surface area (Å²) >= 11 is 0. The summed E-state index contributed by atoms with van der Waals surface area (Å²) in [6.45, 7) is 4.62. The van der Waals surface area contributed by atoms with E-state index in [0.717, 1.165) is 19.5 Å². The lowest BCUT2D eigenvalue weighted by atomic mass is 10.1. The minimum Gasteiger partial charge on any atom is -0.340 e. The first-order chi connectivity index (χ1) is 11.4. The quantitative estimate of drug-likeness (QED) is 0.833. The molecule has 2 unspecified atom stereocenters. The van der Waals surface area contributed by atoms with Gasteiger partial charge in [-0.1, -0.05) is 30.3 Å². The summed E-state index contributed by atoms with van der Waals surface area (Å²) in [6.07, 6.45) is 0.479. The van der Waals surface area contributed by atoms with Crippen molar-refractivity contribution in [1.82, 2.24) is 15.1 Å². The molecule has 0 aromatic heterocycles. The number of amides is 1. The molecule has 2 aliphatic rings. The van der Waals surface area contributed by atoms with Crippen molar-refractivity contribution in [2.24, 2.45) is 0 Å². The topological polar surface area (TPSA) is 35.6 Å². The van der Waals surface area contributed by atoms with Gasteiger partial charge in [-0.05, 0) is 18.9 Å². The lowest BCUT2D eigenvalue weighted by Crippen LogP contribution is -2.45. The highest BCUT2D eigenvalue weighted by atomic mass is 35.5. The lowest BCUT2D eigenvalue weighted by Gasteiger charge is -2.26. The summed E-state index contributed by atoms with van der Waals surface area (Å²) in [5, 5.41) is 2.67. The molecule has 148 valence electrons. The van der Waals surface area contributed by atoms with Gasteiger partial charge >= 0.3 is 0 Å². The highest BCUT2D eigenvalue weighted by Crippen LogP contribution is 2.26. The van der Waals surface area contributed by atoms with Crippen LogP contribution in [0.3, 0.4) is 0 Å². The van der Waals surface area contributed by atoms with Crippen molar-refractivity contribution in [2.75, 3.05) is 26.2 Å². The zero-order chi connectivity index (χ0) is 17.2. The largest absolute Gasteiger partial charge is 0.340 e. The van der Waals surface area contributed by atoms with Gasteiger partial charge in [0.1, 0.15) is 0 Å². The summed E-state index contributed by atoms with van der Waals surface area (Å²) in [5.41, 5.74) is 1.25. The van der Waals surface area contributed by atoms with Crippen LogP contribution >= 0.6 is 24.8 Å². The summed E-state index contributed by atoms with van der Waals surface area (Å²) in [7, 11) is 0. The van der Waals surface area contributed by atoms with Crippen molar-refractivity contribution in [3.63, 3.8) is 0 Å². The van der Waals surface area contributed by atoms with Crippen LogP contribution in [0.15, 0.2) is 30.3 Å². The predicted molar refractivity (Wildman–Crippen MR) is 103 cm³/mol. The zero-order valence-corrected chi connectivity index (χ0v) is 16.5. The van der Waals surface area contributed by atoms with E-state index in [1.54, 1.807) is 4.90 Å². The summed E-state index contributed by atoms with van der Waals surface area (Å²) in [4.78, 5) is 16.6. The molecule has 1 amide bonds. The number of rotatable bonds is 3. The van der Waals surface area contributed by atoms with Crippen LogP contribution in [0.2, 0.25) is 0 Å². The Bertz CT molecular complexity index is 577. The Kier molecular flexibility index (Phi) is 8.73. The molecule has 2 atom stereocenters. The smallest absolute Gasteiger partial charge is 0.262 e. The molecule has 0 saturated carbocycles. The van der Waals surface area contributed by atoms with Crippen molar-refractivity contribution in [1.29, 1.82) is 0 Å². The highest BCUT2D eigenvalue weighted by molar-refractivity contribution is 5.85. The van der Waals surface area contributed by atoms with Gasteiger partial charge in [-0.2, -0.15) is 0 Å². The van der Waals surface area contributed by atoms with Crippen molar-refractivity contribution in [3.8, 4) is 0 Å². The standard InChI is InChI=1S/C18H25F2N3O.2ClH/c1-14-7-8-22(17(24)16-11-18(19,20)13-21-16)9-10-23(14)12-15-5-3-2-4-6-15;;/h2-6,14,16,21H,7-13H2,1H3;2*1H. The molecular weight excluding hydrogens is 383 g/mol. The molecule has 0 aliphatic carbocycles. The molecule has 4 nitrogen and oxygen atoms in total. The average Bonchev–Trinajstić information content (AvgIpc) is 2.83. The molecule has 0 bridgehead atoms. The Balaban J connectivity index is 0.00000169. The molecule has 2 aliphatic heterocycles. The first-order valence-electron chi connectivity index (χ1n) is 8.62. The highest BCUT2D eigenvalue weighted by Gasteiger charge is 2.43. The minimum absolute atomic E-state index is 0. The van der Waals surface area contributed by atoms with E-state index >= 15 is 0 Å². The van der Waals surface area contributed by atoms with E-state index in [-0.39, 0.29) is 37.1 Å². The van der Waals surface area contributed by atoms with Crippen LogP contribution in [0.5, 0.6) is 0 Å². The molecule has 3 rings (SSSR count). The number of carbonyl (C=O) groups is 1. The van der Waals surface area contributed by atoms with Crippen LogP contribution in [-0.2, 0) is 11.3 Å². The molecule has 2 saturated heterocycles. The first-order valence-corrected chi connectivity index (χ1v) is 8.62. The van der Waals surface area contributed by atoms with Crippen LogP contribution in [0.25, 0.3) is 0 Å². The van der Waals surface area contributed by atoms with Gasteiger partial charge in [0.05, 0.1) is 12.6 Å². The van der Waals surface area contributed by atoms with E-state index in [0.29, 0.717) is 19.1 Å². The molecular formula is C18H27Cl2F2N3O. The maximum absolute atomic E-state index is 13.3. The number of hydrogen-bond acceptors (Lipinski definition) is 3. The fraction of sp³-hybridized carbons (Fsp3) is 0.611. The molecule has 8 heteroatoms. The first kappa shape index (κ1) is 23.1. The third-order valence-electron chi connectivity index (χ3n) is 5.05. The second-order valence-corrected chi connectivity index (χ2v) is 6.91. The Labute approximate surface area is 166 Å². The minimum atomic E-state index is -2.77. The van der Waals surface area contributed by atoms with E-state index in [4.69, 9.17) is 0 Å². The maximum Gasteiger partial charge on any atom is 0.262 e. The summed E-state index contributed by atoms with van der Waals surface area (Å²) in [5.74, 6) is -2.94. The molecule has 1 N–H and O–H groups in total.